The van der Waals surface area contributed by atoms with E-state index in [0.29, 0.717) is 12.3 Å². The Labute approximate surface area is 177 Å². The molecule has 2 aromatic heterocycles. The third-order valence-electron chi connectivity index (χ3n) is 4.52. The molecular weight excluding hydrogens is 399 g/mol. The van der Waals surface area contributed by atoms with Crippen molar-refractivity contribution >= 4 is 5.91 Å². The second-order valence-corrected chi connectivity index (χ2v) is 6.81. The van der Waals surface area contributed by atoms with Crippen molar-refractivity contribution in [3.8, 4) is 28.3 Å². The lowest BCUT2D eigenvalue weighted by molar-refractivity contribution is -0.123. The Morgan fingerprint density at radius 3 is 2.71 bits per heavy atom. The molecule has 0 aliphatic carbocycles. The Morgan fingerprint density at radius 1 is 1.16 bits per heavy atom. The average molecular weight is 418 g/mol. The van der Waals surface area contributed by atoms with Crippen molar-refractivity contribution in [2.75, 3.05) is 6.61 Å². The van der Waals surface area contributed by atoms with Crippen LogP contribution in [0.3, 0.4) is 0 Å². The summed E-state index contributed by atoms with van der Waals surface area (Å²) in [6, 6.07) is 15.4. The molecule has 2 aromatic carbocycles. The summed E-state index contributed by atoms with van der Waals surface area (Å²) in [6.45, 7) is 1.90. The second-order valence-electron chi connectivity index (χ2n) is 6.81. The van der Waals surface area contributed by atoms with Gasteiger partial charge < -0.3 is 14.6 Å². The summed E-state index contributed by atoms with van der Waals surface area (Å²) in [5.74, 6) is -0.203. The lowest BCUT2D eigenvalue weighted by Gasteiger charge is -2.09. The standard InChI is InChI=1S/C23H19FN4O3/c1-15-10-21(31-28-15)18-12-25-14-27-23(18)17-8-6-16(7-9-17)11-26-22(29)13-30-20-5-3-2-4-19(20)24/h2-10,12,14H,11,13H2,1H3,(H,26,29). The first-order valence-electron chi connectivity index (χ1n) is 9.57. The fourth-order valence-electron chi connectivity index (χ4n) is 2.97. The Morgan fingerprint density at radius 2 is 1.97 bits per heavy atom. The molecule has 1 N–H and O–H groups in total. The molecule has 0 atom stereocenters. The minimum Gasteiger partial charge on any atom is -0.481 e. The van der Waals surface area contributed by atoms with Crippen molar-refractivity contribution in [2.45, 2.75) is 13.5 Å². The molecule has 7 nitrogen and oxygen atoms in total. The van der Waals surface area contributed by atoms with Gasteiger partial charge in [-0.1, -0.05) is 41.6 Å². The summed E-state index contributed by atoms with van der Waals surface area (Å²) < 4.78 is 24.1. The number of benzene rings is 2. The first kappa shape index (κ1) is 20.2. The number of hydrogen-bond acceptors (Lipinski definition) is 6. The van der Waals surface area contributed by atoms with Crippen LogP contribution in [0.15, 0.2) is 71.6 Å². The van der Waals surface area contributed by atoms with E-state index in [1.165, 1.54) is 18.5 Å². The summed E-state index contributed by atoms with van der Waals surface area (Å²) in [4.78, 5) is 20.5. The van der Waals surface area contributed by atoms with E-state index in [-0.39, 0.29) is 18.3 Å². The lowest BCUT2D eigenvalue weighted by Crippen LogP contribution is -2.28. The number of carbonyl (C=O) groups is 1. The number of aryl methyl sites for hydroxylation is 1. The maximum Gasteiger partial charge on any atom is 0.258 e. The molecule has 0 unspecified atom stereocenters. The van der Waals surface area contributed by atoms with Crippen molar-refractivity contribution in [3.05, 3.63) is 84.2 Å². The zero-order valence-corrected chi connectivity index (χ0v) is 16.7. The molecule has 0 aliphatic heterocycles. The van der Waals surface area contributed by atoms with Gasteiger partial charge in [-0.2, -0.15) is 0 Å². The predicted octanol–water partition coefficient (Wildman–Crippen LogP) is 3.94. The lowest BCUT2D eigenvalue weighted by atomic mass is 10.0. The largest absolute Gasteiger partial charge is 0.481 e. The number of carbonyl (C=O) groups excluding carboxylic acids is 1. The maximum absolute atomic E-state index is 13.5. The Hall–Kier alpha value is -4.07. The number of nitrogens with one attached hydrogen (secondary N) is 1. The molecule has 0 spiro atoms. The Bertz CT molecular complexity index is 1190. The van der Waals surface area contributed by atoms with E-state index in [0.717, 1.165) is 28.1 Å². The first-order valence-corrected chi connectivity index (χ1v) is 9.57. The monoisotopic (exact) mass is 418 g/mol. The molecule has 156 valence electrons. The quantitative estimate of drug-likeness (QED) is 0.489. The number of aromatic nitrogens is 3. The molecule has 0 bridgehead atoms. The summed E-state index contributed by atoms with van der Waals surface area (Å²) in [5.41, 5.74) is 4.02. The van der Waals surface area contributed by atoms with Crippen LogP contribution in [0.4, 0.5) is 4.39 Å². The SMILES string of the molecule is Cc1cc(-c2cncnc2-c2ccc(CNC(=O)COc3ccccc3F)cc2)on1. The highest BCUT2D eigenvalue weighted by Crippen LogP contribution is 2.30. The van der Waals surface area contributed by atoms with E-state index >= 15 is 0 Å². The maximum atomic E-state index is 13.5. The van der Waals surface area contributed by atoms with Gasteiger partial charge in [0.15, 0.2) is 23.9 Å². The van der Waals surface area contributed by atoms with Gasteiger partial charge in [0.05, 0.1) is 17.0 Å². The van der Waals surface area contributed by atoms with Crippen LogP contribution in [0.2, 0.25) is 0 Å². The average Bonchev–Trinajstić information content (AvgIpc) is 3.23. The highest BCUT2D eigenvalue weighted by molar-refractivity contribution is 5.78. The number of ether oxygens (including phenoxy) is 1. The summed E-state index contributed by atoms with van der Waals surface area (Å²) >= 11 is 0. The van der Waals surface area contributed by atoms with Crippen LogP contribution in [0.5, 0.6) is 5.75 Å². The van der Waals surface area contributed by atoms with Crippen LogP contribution < -0.4 is 10.1 Å². The fraction of sp³-hybridized carbons (Fsp3) is 0.130. The molecule has 1 amide bonds. The highest BCUT2D eigenvalue weighted by atomic mass is 19.1. The number of amides is 1. The highest BCUT2D eigenvalue weighted by Gasteiger charge is 2.13. The zero-order chi connectivity index (χ0) is 21.6. The minimum atomic E-state index is -0.504. The fourth-order valence-corrected chi connectivity index (χ4v) is 2.97. The third-order valence-corrected chi connectivity index (χ3v) is 4.52. The number of para-hydroxylation sites is 1. The van der Waals surface area contributed by atoms with Gasteiger partial charge in [0.25, 0.3) is 5.91 Å². The topological polar surface area (TPSA) is 90.1 Å². The number of hydrogen-bond donors (Lipinski definition) is 1. The normalized spacial score (nSPS) is 10.6. The van der Waals surface area contributed by atoms with E-state index < -0.39 is 5.82 Å². The Kier molecular flexibility index (Phi) is 5.98. The number of halogens is 1. The van der Waals surface area contributed by atoms with E-state index in [9.17, 15) is 9.18 Å². The van der Waals surface area contributed by atoms with Gasteiger partial charge in [0, 0.05) is 24.4 Å². The van der Waals surface area contributed by atoms with Crippen LogP contribution in [-0.2, 0) is 11.3 Å². The molecule has 0 fully saturated rings. The molecule has 0 saturated carbocycles. The molecule has 0 radical (unpaired) electrons. The predicted molar refractivity (Wildman–Crippen MR) is 111 cm³/mol. The first-order chi connectivity index (χ1) is 15.1. The molecule has 0 aliphatic rings. The van der Waals surface area contributed by atoms with Gasteiger partial charge in [-0.15, -0.1) is 0 Å². The molecule has 4 aromatic rings. The van der Waals surface area contributed by atoms with Gasteiger partial charge >= 0.3 is 0 Å². The van der Waals surface area contributed by atoms with E-state index in [2.05, 4.69) is 20.4 Å². The molecular formula is C23H19FN4O3. The van der Waals surface area contributed by atoms with Crippen molar-refractivity contribution in [2.24, 2.45) is 0 Å². The number of rotatable bonds is 7. The van der Waals surface area contributed by atoms with Gasteiger partial charge in [-0.3, -0.25) is 4.79 Å². The summed E-state index contributed by atoms with van der Waals surface area (Å²) in [5, 5.41) is 6.67. The van der Waals surface area contributed by atoms with Gasteiger partial charge in [-0.05, 0) is 24.6 Å². The van der Waals surface area contributed by atoms with E-state index in [4.69, 9.17) is 9.26 Å². The molecule has 4 rings (SSSR count). The van der Waals surface area contributed by atoms with Crippen LogP contribution in [0.25, 0.3) is 22.6 Å². The van der Waals surface area contributed by atoms with Crippen LogP contribution >= 0.6 is 0 Å². The van der Waals surface area contributed by atoms with E-state index in [1.807, 2.05) is 37.3 Å². The number of nitrogens with zero attached hydrogens (tertiary/aromatic N) is 3. The third kappa shape index (κ3) is 4.92. The minimum absolute atomic E-state index is 0.0459. The summed E-state index contributed by atoms with van der Waals surface area (Å²) in [7, 11) is 0. The Balaban J connectivity index is 1.38. The van der Waals surface area contributed by atoms with Crippen molar-refractivity contribution in [1.29, 1.82) is 0 Å². The molecule has 2 heterocycles. The van der Waals surface area contributed by atoms with Crippen molar-refractivity contribution < 1.29 is 18.4 Å². The van der Waals surface area contributed by atoms with Gasteiger partial charge in [0.2, 0.25) is 0 Å². The van der Waals surface area contributed by atoms with Crippen molar-refractivity contribution in [1.82, 2.24) is 20.4 Å². The molecule has 31 heavy (non-hydrogen) atoms. The smallest absolute Gasteiger partial charge is 0.258 e. The molecule has 0 saturated heterocycles. The van der Waals surface area contributed by atoms with Crippen LogP contribution in [-0.4, -0.2) is 27.6 Å². The second kappa shape index (κ2) is 9.17. The zero-order valence-electron chi connectivity index (χ0n) is 16.7. The van der Waals surface area contributed by atoms with Crippen molar-refractivity contribution in [3.63, 3.8) is 0 Å². The molecule has 8 heteroatoms. The van der Waals surface area contributed by atoms with Gasteiger partial charge in [-0.25, -0.2) is 14.4 Å². The van der Waals surface area contributed by atoms with Crippen LogP contribution in [0.1, 0.15) is 11.3 Å². The van der Waals surface area contributed by atoms with E-state index in [1.54, 1.807) is 18.3 Å². The summed E-state index contributed by atoms with van der Waals surface area (Å²) in [6.07, 6.45) is 3.16. The van der Waals surface area contributed by atoms with Crippen LogP contribution in [0, 0.1) is 12.7 Å². The van der Waals surface area contributed by atoms with Gasteiger partial charge in [0.1, 0.15) is 6.33 Å².